The van der Waals surface area contributed by atoms with Crippen LogP contribution in [-0.2, 0) is 11.2 Å². The molecule has 0 aliphatic carbocycles. The maximum atomic E-state index is 13.4. The normalized spacial score (nSPS) is 14.2. The number of hydrogen-bond donors (Lipinski definition) is 1. The number of anilines is 1. The van der Waals surface area contributed by atoms with E-state index in [1.807, 2.05) is 20.0 Å². The molecule has 3 nitrogen and oxygen atoms in total. The number of methoxy groups -OCH3 is 1. The van der Waals surface area contributed by atoms with Crippen LogP contribution < -0.4 is 10.6 Å². The molecule has 4 heteroatoms. The van der Waals surface area contributed by atoms with Crippen molar-refractivity contribution in [2.75, 3.05) is 25.7 Å². The van der Waals surface area contributed by atoms with E-state index >= 15 is 0 Å². The summed E-state index contributed by atoms with van der Waals surface area (Å²) < 4.78 is 18.6. The van der Waals surface area contributed by atoms with Gasteiger partial charge in [0.2, 0.25) is 0 Å². The van der Waals surface area contributed by atoms with Gasteiger partial charge in [0.05, 0.1) is 6.61 Å². The van der Waals surface area contributed by atoms with Crippen LogP contribution in [0, 0.1) is 5.82 Å². The van der Waals surface area contributed by atoms with E-state index in [0.717, 1.165) is 17.7 Å². The maximum absolute atomic E-state index is 13.4. The highest BCUT2D eigenvalue weighted by Gasteiger charge is 2.15. The molecule has 2 atom stereocenters. The lowest BCUT2D eigenvalue weighted by atomic mass is 10.0. The molecule has 1 aromatic rings. The fraction of sp³-hybridized carbons (Fsp3) is 0.600. The van der Waals surface area contributed by atoms with Gasteiger partial charge in [0, 0.05) is 31.9 Å². The first-order valence-corrected chi connectivity index (χ1v) is 6.75. The predicted molar refractivity (Wildman–Crippen MR) is 78.1 cm³/mol. The largest absolute Gasteiger partial charge is 0.383 e. The van der Waals surface area contributed by atoms with Crippen molar-refractivity contribution in [2.24, 2.45) is 5.73 Å². The van der Waals surface area contributed by atoms with Crippen molar-refractivity contribution in [2.45, 2.75) is 38.8 Å². The molecular formula is C15H25FN2O. The van der Waals surface area contributed by atoms with Crippen molar-refractivity contribution < 1.29 is 9.13 Å². The van der Waals surface area contributed by atoms with E-state index in [1.165, 1.54) is 6.07 Å². The first-order valence-electron chi connectivity index (χ1n) is 6.75. The molecule has 0 saturated carbocycles. The van der Waals surface area contributed by atoms with Crippen LogP contribution in [0.5, 0.6) is 0 Å². The highest BCUT2D eigenvalue weighted by molar-refractivity contribution is 5.54. The minimum Gasteiger partial charge on any atom is -0.383 e. The summed E-state index contributed by atoms with van der Waals surface area (Å²) in [5, 5.41) is 0. The molecule has 0 aliphatic heterocycles. The van der Waals surface area contributed by atoms with Crippen LogP contribution in [0.2, 0.25) is 0 Å². The van der Waals surface area contributed by atoms with Crippen molar-refractivity contribution in [3.63, 3.8) is 0 Å². The highest BCUT2D eigenvalue weighted by Crippen LogP contribution is 2.24. The van der Waals surface area contributed by atoms with Crippen molar-refractivity contribution in [3.8, 4) is 0 Å². The number of likely N-dealkylation sites (N-methyl/N-ethyl adjacent to an activating group) is 1. The van der Waals surface area contributed by atoms with Gasteiger partial charge in [-0.05, 0) is 43.5 Å². The summed E-state index contributed by atoms with van der Waals surface area (Å²) in [4.78, 5) is 2.11. The van der Waals surface area contributed by atoms with Gasteiger partial charge < -0.3 is 15.4 Å². The fourth-order valence-corrected chi connectivity index (χ4v) is 2.08. The molecule has 0 bridgehead atoms. The Morgan fingerprint density at radius 2 is 2.11 bits per heavy atom. The van der Waals surface area contributed by atoms with Crippen molar-refractivity contribution in [3.05, 3.63) is 29.6 Å². The minimum atomic E-state index is -0.213. The van der Waals surface area contributed by atoms with E-state index in [1.54, 1.807) is 13.2 Å². The first-order chi connectivity index (χ1) is 8.99. The third-order valence-electron chi connectivity index (χ3n) is 3.50. The molecule has 1 rings (SSSR count). The molecule has 0 aromatic heterocycles. The van der Waals surface area contributed by atoms with E-state index in [-0.39, 0.29) is 17.9 Å². The summed E-state index contributed by atoms with van der Waals surface area (Å²) in [5.41, 5.74) is 7.97. The van der Waals surface area contributed by atoms with Crippen molar-refractivity contribution >= 4 is 5.69 Å². The Bertz CT molecular complexity index is 398. The molecule has 0 spiro atoms. The molecule has 2 N–H and O–H groups in total. The zero-order chi connectivity index (χ0) is 14.4. The quantitative estimate of drug-likeness (QED) is 0.826. The lowest BCUT2D eigenvalue weighted by molar-refractivity contribution is 0.183. The third-order valence-corrected chi connectivity index (χ3v) is 3.50. The van der Waals surface area contributed by atoms with Crippen molar-refractivity contribution in [1.29, 1.82) is 0 Å². The van der Waals surface area contributed by atoms with Gasteiger partial charge in [0.15, 0.2) is 0 Å². The zero-order valence-corrected chi connectivity index (χ0v) is 12.3. The number of rotatable bonds is 7. The summed E-state index contributed by atoms with van der Waals surface area (Å²) in [6, 6.07) is 5.19. The number of hydrogen-bond acceptors (Lipinski definition) is 3. The van der Waals surface area contributed by atoms with Gasteiger partial charge in [-0.1, -0.05) is 6.92 Å². The van der Waals surface area contributed by atoms with Gasteiger partial charge in [0.1, 0.15) is 5.82 Å². The third kappa shape index (κ3) is 4.48. The fourth-order valence-electron chi connectivity index (χ4n) is 2.08. The molecule has 19 heavy (non-hydrogen) atoms. The molecule has 0 amide bonds. The number of nitrogens with zero attached hydrogens (tertiary/aromatic N) is 1. The van der Waals surface area contributed by atoms with Gasteiger partial charge in [-0.25, -0.2) is 4.39 Å². The lowest BCUT2D eigenvalue weighted by Gasteiger charge is -2.29. The van der Waals surface area contributed by atoms with Gasteiger partial charge in [-0.2, -0.15) is 0 Å². The Morgan fingerprint density at radius 1 is 1.42 bits per heavy atom. The second-order valence-electron chi connectivity index (χ2n) is 5.06. The predicted octanol–water partition coefficient (Wildman–Crippen LogP) is 2.58. The van der Waals surface area contributed by atoms with Gasteiger partial charge in [0.25, 0.3) is 0 Å². The SMILES string of the molecule is CCC(N)Cc1cc(F)ccc1N(C)C(C)COC. The molecule has 0 heterocycles. The second kappa shape index (κ2) is 7.46. The molecule has 108 valence electrons. The standard InChI is InChI=1S/C15H25FN2O/c1-5-14(17)9-12-8-13(16)6-7-15(12)18(3)11(2)10-19-4/h6-8,11,14H,5,9-10,17H2,1-4H3. The van der Waals surface area contributed by atoms with Crippen LogP contribution in [0.1, 0.15) is 25.8 Å². The molecule has 2 unspecified atom stereocenters. The van der Waals surface area contributed by atoms with Crippen LogP contribution in [0.25, 0.3) is 0 Å². The van der Waals surface area contributed by atoms with E-state index in [9.17, 15) is 4.39 Å². The van der Waals surface area contributed by atoms with Gasteiger partial charge in [-0.15, -0.1) is 0 Å². The Morgan fingerprint density at radius 3 is 2.68 bits per heavy atom. The number of halogens is 1. The summed E-state index contributed by atoms with van der Waals surface area (Å²) in [5.74, 6) is -0.213. The number of ether oxygens (including phenoxy) is 1. The Hall–Kier alpha value is -1.13. The number of nitrogens with two attached hydrogens (primary N) is 1. The average Bonchev–Trinajstić information content (AvgIpc) is 2.38. The zero-order valence-electron chi connectivity index (χ0n) is 12.3. The summed E-state index contributed by atoms with van der Waals surface area (Å²) in [7, 11) is 3.68. The van der Waals surface area contributed by atoms with Crippen LogP contribution in [-0.4, -0.2) is 32.8 Å². The second-order valence-corrected chi connectivity index (χ2v) is 5.06. The molecule has 1 aromatic carbocycles. The van der Waals surface area contributed by atoms with E-state index in [2.05, 4.69) is 11.8 Å². The topological polar surface area (TPSA) is 38.5 Å². The number of benzene rings is 1. The van der Waals surface area contributed by atoms with E-state index in [0.29, 0.717) is 13.0 Å². The van der Waals surface area contributed by atoms with Crippen LogP contribution in [0.3, 0.4) is 0 Å². The van der Waals surface area contributed by atoms with Crippen molar-refractivity contribution in [1.82, 2.24) is 0 Å². The Kier molecular flexibility index (Phi) is 6.25. The minimum absolute atomic E-state index is 0.0617. The van der Waals surface area contributed by atoms with Crippen LogP contribution in [0.4, 0.5) is 10.1 Å². The molecule has 0 saturated heterocycles. The Labute approximate surface area is 115 Å². The summed E-state index contributed by atoms with van der Waals surface area (Å²) in [6.07, 6.45) is 1.57. The van der Waals surface area contributed by atoms with Crippen LogP contribution >= 0.6 is 0 Å². The van der Waals surface area contributed by atoms with Gasteiger partial charge in [-0.3, -0.25) is 0 Å². The smallest absolute Gasteiger partial charge is 0.123 e. The molecule has 0 radical (unpaired) electrons. The first kappa shape index (κ1) is 15.9. The lowest BCUT2D eigenvalue weighted by Crippen LogP contribution is -2.34. The van der Waals surface area contributed by atoms with E-state index < -0.39 is 0 Å². The Balaban J connectivity index is 2.98. The molecule has 0 aliphatic rings. The average molecular weight is 268 g/mol. The van der Waals surface area contributed by atoms with Gasteiger partial charge >= 0.3 is 0 Å². The monoisotopic (exact) mass is 268 g/mol. The summed E-state index contributed by atoms with van der Waals surface area (Å²) >= 11 is 0. The molecular weight excluding hydrogens is 243 g/mol. The van der Waals surface area contributed by atoms with Crippen LogP contribution in [0.15, 0.2) is 18.2 Å². The maximum Gasteiger partial charge on any atom is 0.123 e. The van der Waals surface area contributed by atoms with E-state index in [4.69, 9.17) is 10.5 Å². The summed E-state index contributed by atoms with van der Waals surface area (Å²) in [6.45, 7) is 4.75. The molecule has 0 fully saturated rings. The highest BCUT2D eigenvalue weighted by atomic mass is 19.1.